The van der Waals surface area contributed by atoms with Crippen molar-refractivity contribution in [2.24, 2.45) is 5.73 Å². The van der Waals surface area contributed by atoms with Gasteiger partial charge in [0, 0.05) is 29.1 Å². The molecular formula is C13H10F3N3S. The van der Waals surface area contributed by atoms with Crippen LogP contribution in [0.15, 0.2) is 24.3 Å². The van der Waals surface area contributed by atoms with Crippen LogP contribution in [-0.4, -0.2) is 9.97 Å². The Morgan fingerprint density at radius 2 is 1.75 bits per heavy atom. The van der Waals surface area contributed by atoms with Gasteiger partial charge in [-0.2, -0.15) is 0 Å². The van der Waals surface area contributed by atoms with Gasteiger partial charge in [0.1, 0.15) is 10.8 Å². The minimum Gasteiger partial charge on any atom is -0.389 e. The third-order valence-electron chi connectivity index (χ3n) is 2.49. The van der Waals surface area contributed by atoms with E-state index in [1.165, 1.54) is 6.07 Å². The number of hydrogen-bond donors (Lipinski definition) is 2. The highest BCUT2D eigenvalue weighted by molar-refractivity contribution is 7.80. The van der Waals surface area contributed by atoms with Crippen molar-refractivity contribution in [3.63, 3.8) is 0 Å². The molecule has 7 heteroatoms. The molecule has 0 unspecified atom stereocenters. The molecule has 1 aromatic carbocycles. The van der Waals surface area contributed by atoms with Gasteiger partial charge in [-0.25, -0.2) is 18.2 Å². The maximum absolute atomic E-state index is 13.1. The predicted molar refractivity (Wildman–Crippen MR) is 74.5 cm³/mol. The van der Waals surface area contributed by atoms with Gasteiger partial charge in [-0.1, -0.05) is 12.2 Å². The molecule has 0 saturated carbocycles. The van der Waals surface area contributed by atoms with Crippen LogP contribution in [0, 0.1) is 24.4 Å². The second-order valence-electron chi connectivity index (χ2n) is 4.13. The Morgan fingerprint density at radius 3 is 2.30 bits per heavy atom. The zero-order valence-electron chi connectivity index (χ0n) is 10.4. The first-order chi connectivity index (χ1) is 9.36. The number of halogens is 3. The van der Waals surface area contributed by atoms with Crippen LogP contribution in [0.25, 0.3) is 0 Å². The molecule has 0 aliphatic rings. The van der Waals surface area contributed by atoms with Crippen molar-refractivity contribution in [1.82, 2.24) is 4.98 Å². The molecule has 0 atom stereocenters. The van der Waals surface area contributed by atoms with Crippen molar-refractivity contribution in [1.29, 1.82) is 0 Å². The Labute approximate surface area is 118 Å². The average molecular weight is 297 g/mol. The lowest BCUT2D eigenvalue weighted by atomic mass is 10.2. The van der Waals surface area contributed by atoms with E-state index in [0.717, 1.165) is 12.1 Å². The average Bonchev–Trinajstić information content (AvgIpc) is 2.35. The largest absolute Gasteiger partial charge is 0.389 e. The van der Waals surface area contributed by atoms with E-state index < -0.39 is 17.5 Å². The van der Waals surface area contributed by atoms with E-state index in [1.807, 2.05) is 0 Å². The number of aromatic nitrogens is 1. The van der Waals surface area contributed by atoms with Gasteiger partial charge in [0.05, 0.1) is 0 Å². The second kappa shape index (κ2) is 5.46. The minimum absolute atomic E-state index is 0.0355. The van der Waals surface area contributed by atoms with Gasteiger partial charge in [-0.15, -0.1) is 0 Å². The third-order valence-corrected chi connectivity index (χ3v) is 2.73. The number of anilines is 2. The van der Waals surface area contributed by atoms with Gasteiger partial charge in [-0.3, -0.25) is 0 Å². The van der Waals surface area contributed by atoms with Crippen molar-refractivity contribution < 1.29 is 13.2 Å². The van der Waals surface area contributed by atoms with Gasteiger partial charge in [0.25, 0.3) is 0 Å². The number of pyridine rings is 1. The molecule has 0 fully saturated rings. The maximum atomic E-state index is 13.1. The summed E-state index contributed by atoms with van der Waals surface area (Å²) in [5.41, 5.74) is 6.75. The van der Waals surface area contributed by atoms with Crippen LogP contribution in [0.3, 0.4) is 0 Å². The topological polar surface area (TPSA) is 50.9 Å². The number of hydrogen-bond acceptors (Lipinski definition) is 3. The van der Waals surface area contributed by atoms with Crippen LogP contribution in [0.2, 0.25) is 0 Å². The molecule has 0 aliphatic carbocycles. The Bertz CT molecular complexity index is 666. The third kappa shape index (κ3) is 3.05. The molecule has 104 valence electrons. The Kier molecular flexibility index (Phi) is 3.89. The highest BCUT2D eigenvalue weighted by Crippen LogP contribution is 2.21. The Hall–Kier alpha value is -2.15. The number of rotatable bonds is 3. The normalized spacial score (nSPS) is 10.4. The van der Waals surface area contributed by atoms with Crippen LogP contribution in [0.5, 0.6) is 0 Å². The molecule has 3 nitrogen and oxygen atoms in total. The highest BCUT2D eigenvalue weighted by atomic mass is 32.1. The van der Waals surface area contributed by atoms with Crippen LogP contribution >= 0.6 is 12.2 Å². The fourth-order valence-corrected chi connectivity index (χ4v) is 1.77. The minimum atomic E-state index is -1.52. The van der Waals surface area contributed by atoms with Gasteiger partial charge in [0.15, 0.2) is 17.5 Å². The van der Waals surface area contributed by atoms with Crippen LogP contribution in [-0.2, 0) is 0 Å². The summed E-state index contributed by atoms with van der Waals surface area (Å²) >= 11 is 4.86. The Balaban J connectivity index is 2.37. The summed E-state index contributed by atoms with van der Waals surface area (Å²) < 4.78 is 39.1. The molecule has 1 heterocycles. The van der Waals surface area contributed by atoms with Crippen LogP contribution < -0.4 is 11.1 Å². The maximum Gasteiger partial charge on any atom is 0.194 e. The summed E-state index contributed by atoms with van der Waals surface area (Å²) in [6.45, 7) is 1.72. The fraction of sp³-hybridized carbons (Fsp3) is 0.0769. The molecule has 0 amide bonds. The van der Waals surface area contributed by atoms with E-state index in [-0.39, 0.29) is 10.7 Å². The lowest BCUT2D eigenvalue weighted by Crippen LogP contribution is -2.11. The molecule has 0 radical (unpaired) electrons. The SMILES string of the molecule is Cc1cc(C(N)=S)cc(Nc2cc(F)c(F)c(F)c2)n1. The van der Waals surface area contributed by atoms with Crippen molar-refractivity contribution in [3.8, 4) is 0 Å². The van der Waals surface area contributed by atoms with Crippen molar-refractivity contribution >= 4 is 28.7 Å². The van der Waals surface area contributed by atoms with E-state index >= 15 is 0 Å². The first-order valence-electron chi connectivity index (χ1n) is 5.57. The number of benzene rings is 1. The summed E-state index contributed by atoms with van der Waals surface area (Å²) in [6, 6.07) is 4.89. The number of nitrogens with two attached hydrogens (primary N) is 1. The fourth-order valence-electron chi connectivity index (χ4n) is 1.65. The zero-order chi connectivity index (χ0) is 14.9. The zero-order valence-corrected chi connectivity index (χ0v) is 11.2. The summed E-state index contributed by atoms with van der Waals surface area (Å²) in [4.78, 5) is 4.30. The lowest BCUT2D eigenvalue weighted by molar-refractivity contribution is 0.448. The first-order valence-corrected chi connectivity index (χ1v) is 5.97. The first kappa shape index (κ1) is 14.3. The molecular weight excluding hydrogens is 287 g/mol. The summed E-state index contributed by atoms with van der Waals surface area (Å²) in [6.07, 6.45) is 0. The molecule has 0 saturated heterocycles. The molecule has 0 bridgehead atoms. The number of nitrogens with zero attached hydrogens (tertiary/aromatic N) is 1. The van der Waals surface area contributed by atoms with E-state index in [4.69, 9.17) is 18.0 Å². The molecule has 2 aromatic rings. The van der Waals surface area contributed by atoms with Crippen molar-refractivity contribution in [2.75, 3.05) is 5.32 Å². The van der Waals surface area contributed by atoms with Crippen molar-refractivity contribution in [3.05, 3.63) is 53.0 Å². The highest BCUT2D eigenvalue weighted by Gasteiger charge is 2.11. The molecule has 2 rings (SSSR count). The summed E-state index contributed by atoms with van der Waals surface area (Å²) in [7, 11) is 0. The lowest BCUT2D eigenvalue weighted by Gasteiger charge is -2.09. The van der Waals surface area contributed by atoms with Gasteiger partial charge >= 0.3 is 0 Å². The van der Waals surface area contributed by atoms with Crippen molar-refractivity contribution in [2.45, 2.75) is 6.92 Å². The summed E-state index contributed by atoms with van der Waals surface area (Å²) in [5, 5.41) is 2.68. The predicted octanol–water partition coefficient (Wildman–Crippen LogP) is 3.19. The quantitative estimate of drug-likeness (QED) is 0.675. The molecule has 0 spiro atoms. The second-order valence-corrected chi connectivity index (χ2v) is 4.57. The molecule has 3 N–H and O–H groups in total. The molecule has 1 aromatic heterocycles. The van der Waals surface area contributed by atoms with Crippen LogP contribution in [0.4, 0.5) is 24.7 Å². The van der Waals surface area contributed by atoms with Gasteiger partial charge < -0.3 is 11.1 Å². The number of nitrogens with one attached hydrogen (secondary N) is 1. The van der Waals surface area contributed by atoms with Gasteiger partial charge in [0.2, 0.25) is 0 Å². The van der Waals surface area contributed by atoms with Gasteiger partial charge in [-0.05, 0) is 19.1 Å². The van der Waals surface area contributed by atoms with Crippen LogP contribution in [0.1, 0.15) is 11.3 Å². The molecule has 0 aliphatic heterocycles. The smallest absolute Gasteiger partial charge is 0.194 e. The van der Waals surface area contributed by atoms with E-state index in [9.17, 15) is 13.2 Å². The van der Waals surface area contributed by atoms with E-state index in [2.05, 4.69) is 10.3 Å². The number of aryl methyl sites for hydroxylation is 1. The standard InChI is InChI=1S/C13H10F3N3S/c1-6-2-7(13(17)20)3-11(18-6)19-8-4-9(14)12(16)10(15)5-8/h2-5H,1H3,(H2,17,20)(H,18,19). The van der Waals surface area contributed by atoms with E-state index in [1.54, 1.807) is 13.0 Å². The Morgan fingerprint density at radius 1 is 1.15 bits per heavy atom. The molecule has 20 heavy (non-hydrogen) atoms. The number of thiocarbonyl (C=S) groups is 1. The summed E-state index contributed by atoms with van der Waals surface area (Å²) in [5.74, 6) is -3.78. The monoisotopic (exact) mass is 297 g/mol. The van der Waals surface area contributed by atoms with E-state index in [0.29, 0.717) is 17.1 Å².